The van der Waals surface area contributed by atoms with E-state index in [1.807, 2.05) is 53.7 Å². The van der Waals surface area contributed by atoms with Crippen molar-refractivity contribution in [3.05, 3.63) is 94.5 Å². The third kappa shape index (κ3) is 7.43. The molecule has 2 amide bonds. The van der Waals surface area contributed by atoms with E-state index >= 15 is 0 Å². The Kier molecular flexibility index (Phi) is 10.0. The van der Waals surface area contributed by atoms with Crippen molar-refractivity contribution in [2.45, 2.75) is 71.0 Å². The maximum atomic E-state index is 14.2. The van der Waals surface area contributed by atoms with Crippen molar-refractivity contribution < 1.29 is 18.0 Å². The largest absolute Gasteiger partial charge is 0.350 e. The SMILES string of the molecule is CC[C@@H](C(=O)NC(C)(C)C)N(Cc1ccccc1Cl)C(=O)CN(c1cccc(C)c1C)S(=O)(=O)c1ccccc1. The van der Waals surface area contributed by atoms with Gasteiger partial charge in [0.1, 0.15) is 12.6 Å². The molecule has 3 rings (SSSR count). The van der Waals surface area contributed by atoms with Gasteiger partial charge in [0.2, 0.25) is 11.8 Å². The predicted octanol–water partition coefficient (Wildman–Crippen LogP) is 5.87. The quantitative estimate of drug-likeness (QED) is 0.323. The number of aryl methyl sites for hydroxylation is 1. The Hall–Kier alpha value is -3.36. The number of benzene rings is 3. The van der Waals surface area contributed by atoms with Crippen LogP contribution in [0.25, 0.3) is 0 Å². The number of amides is 2. The summed E-state index contributed by atoms with van der Waals surface area (Å²) in [6.07, 6.45) is 0.326. The van der Waals surface area contributed by atoms with E-state index in [2.05, 4.69) is 5.32 Å². The first kappa shape index (κ1) is 31.2. The Morgan fingerprint density at radius 3 is 2.15 bits per heavy atom. The van der Waals surface area contributed by atoms with Crippen LogP contribution in [0.5, 0.6) is 0 Å². The molecule has 0 aromatic heterocycles. The third-order valence-electron chi connectivity index (χ3n) is 6.64. The topological polar surface area (TPSA) is 86.8 Å². The van der Waals surface area contributed by atoms with Crippen LogP contribution in [0.1, 0.15) is 50.8 Å². The Morgan fingerprint density at radius 1 is 0.925 bits per heavy atom. The van der Waals surface area contributed by atoms with E-state index in [0.29, 0.717) is 22.7 Å². The zero-order valence-corrected chi connectivity index (χ0v) is 25.5. The second-order valence-electron chi connectivity index (χ2n) is 10.8. The lowest BCUT2D eigenvalue weighted by Gasteiger charge is -2.35. The van der Waals surface area contributed by atoms with Crippen molar-refractivity contribution in [2.24, 2.45) is 0 Å². The zero-order valence-electron chi connectivity index (χ0n) is 23.9. The number of carbonyl (C=O) groups excluding carboxylic acids is 2. The van der Waals surface area contributed by atoms with Crippen LogP contribution in [-0.4, -0.2) is 43.3 Å². The van der Waals surface area contributed by atoms with Gasteiger partial charge in [0, 0.05) is 17.1 Å². The van der Waals surface area contributed by atoms with E-state index in [0.717, 1.165) is 15.4 Å². The van der Waals surface area contributed by atoms with Gasteiger partial charge in [-0.25, -0.2) is 8.42 Å². The van der Waals surface area contributed by atoms with Crippen LogP contribution in [0.2, 0.25) is 5.02 Å². The van der Waals surface area contributed by atoms with Crippen LogP contribution < -0.4 is 9.62 Å². The van der Waals surface area contributed by atoms with E-state index in [9.17, 15) is 18.0 Å². The van der Waals surface area contributed by atoms with Crippen molar-refractivity contribution in [3.63, 3.8) is 0 Å². The maximum Gasteiger partial charge on any atom is 0.264 e. The fourth-order valence-corrected chi connectivity index (χ4v) is 6.11. The van der Waals surface area contributed by atoms with Gasteiger partial charge in [-0.05, 0) is 82.0 Å². The van der Waals surface area contributed by atoms with E-state index in [1.54, 1.807) is 48.5 Å². The van der Waals surface area contributed by atoms with Crippen molar-refractivity contribution in [1.29, 1.82) is 0 Å². The summed E-state index contributed by atoms with van der Waals surface area (Å²) in [5.74, 6) is -0.837. The van der Waals surface area contributed by atoms with Crippen LogP contribution >= 0.6 is 11.6 Å². The van der Waals surface area contributed by atoms with Crippen molar-refractivity contribution in [2.75, 3.05) is 10.8 Å². The summed E-state index contributed by atoms with van der Waals surface area (Å²) in [5.41, 5.74) is 2.17. The zero-order chi connectivity index (χ0) is 29.7. The van der Waals surface area contributed by atoms with Crippen LogP contribution in [0.15, 0.2) is 77.7 Å². The molecule has 7 nitrogen and oxygen atoms in total. The van der Waals surface area contributed by atoms with Crippen LogP contribution in [0, 0.1) is 13.8 Å². The van der Waals surface area contributed by atoms with E-state index in [-0.39, 0.29) is 17.3 Å². The molecule has 0 fully saturated rings. The number of sulfonamides is 1. The number of nitrogens with zero attached hydrogens (tertiary/aromatic N) is 2. The molecule has 3 aromatic rings. The van der Waals surface area contributed by atoms with Crippen LogP contribution in [-0.2, 0) is 26.2 Å². The van der Waals surface area contributed by atoms with E-state index in [4.69, 9.17) is 11.6 Å². The van der Waals surface area contributed by atoms with Gasteiger partial charge in [-0.2, -0.15) is 0 Å². The lowest BCUT2D eigenvalue weighted by molar-refractivity contribution is -0.141. The Labute approximate surface area is 243 Å². The standard InChI is InChI=1S/C31H38ClN3O4S/c1-7-27(30(37)33-31(4,5)6)34(20-24-15-11-12-18-26(24)32)29(36)21-35(28-19-13-14-22(2)23(28)3)40(38,39)25-16-9-8-10-17-25/h8-19,27H,7,20-21H2,1-6H3,(H,33,37)/t27-/m0/s1. The molecule has 0 heterocycles. The minimum Gasteiger partial charge on any atom is -0.350 e. The molecule has 0 saturated carbocycles. The van der Waals surface area contributed by atoms with Gasteiger partial charge in [-0.3, -0.25) is 13.9 Å². The van der Waals surface area contributed by atoms with E-state index < -0.39 is 34.1 Å². The first-order valence-electron chi connectivity index (χ1n) is 13.2. The van der Waals surface area contributed by atoms with Gasteiger partial charge in [-0.15, -0.1) is 0 Å². The summed E-state index contributed by atoms with van der Waals surface area (Å²) in [4.78, 5) is 29.1. The number of carbonyl (C=O) groups is 2. The first-order chi connectivity index (χ1) is 18.8. The molecule has 1 atom stereocenters. The molecule has 9 heteroatoms. The average Bonchev–Trinajstić information content (AvgIpc) is 2.89. The Bertz CT molecular complexity index is 1450. The predicted molar refractivity (Wildman–Crippen MR) is 161 cm³/mol. The highest BCUT2D eigenvalue weighted by atomic mass is 35.5. The molecular weight excluding hydrogens is 546 g/mol. The second kappa shape index (κ2) is 12.9. The molecule has 1 N–H and O–H groups in total. The molecule has 40 heavy (non-hydrogen) atoms. The summed E-state index contributed by atoms with van der Waals surface area (Å²) in [6.45, 7) is 10.7. The summed E-state index contributed by atoms with van der Waals surface area (Å²) >= 11 is 6.45. The number of nitrogens with one attached hydrogen (secondary N) is 1. The molecule has 0 bridgehead atoms. The molecule has 0 saturated heterocycles. The molecule has 3 aromatic carbocycles. The fraction of sp³-hybridized carbons (Fsp3) is 0.355. The molecule has 214 valence electrons. The highest BCUT2D eigenvalue weighted by Gasteiger charge is 2.35. The van der Waals surface area contributed by atoms with E-state index in [1.165, 1.54) is 17.0 Å². The number of anilines is 1. The Morgan fingerprint density at radius 2 is 1.55 bits per heavy atom. The maximum absolute atomic E-state index is 14.2. The summed E-state index contributed by atoms with van der Waals surface area (Å²) < 4.78 is 29.1. The average molecular weight is 584 g/mol. The van der Waals surface area contributed by atoms with Gasteiger partial charge in [0.25, 0.3) is 10.0 Å². The fourth-order valence-electron chi connectivity index (χ4n) is 4.42. The van der Waals surface area contributed by atoms with Crippen LogP contribution in [0.3, 0.4) is 0 Å². The summed E-state index contributed by atoms with van der Waals surface area (Å²) in [7, 11) is -4.13. The number of rotatable bonds is 10. The highest BCUT2D eigenvalue weighted by molar-refractivity contribution is 7.92. The summed E-state index contributed by atoms with van der Waals surface area (Å²) in [6, 6.07) is 19.6. The van der Waals surface area contributed by atoms with Crippen molar-refractivity contribution in [3.8, 4) is 0 Å². The number of hydrogen-bond donors (Lipinski definition) is 1. The molecule has 0 aliphatic heterocycles. The number of hydrogen-bond acceptors (Lipinski definition) is 4. The molecule has 0 unspecified atom stereocenters. The number of halogens is 1. The molecule has 0 spiro atoms. The van der Waals surface area contributed by atoms with Gasteiger partial charge in [0.05, 0.1) is 10.6 Å². The second-order valence-corrected chi connectivity index (χ2v) is 13.1. The lowest BCUT2D eigenvalue weighted by Crippen LogP contribution is -2.55. The normalized spacial score (nSPS) is 12.5. The lowest BCUT2D eigenvalue weighted by atomic mass is 10.1. The van der Waals surface area contributed by atoms with Gasteiger partial charge >= 0.3 is 0 Å². The van der Waals surface area contributed by atoms with Crippen LogP contribution in [0.4, 0.5) is 5.69 Å². The third-order valence-corrected chi connectivity index (χ3v) is 8.78. The minimum atomic E-state index is -4.13. The molecule has 0 radical (unpaired) electrons. The van der Waals surface area contributed by atoms with Crippen molar-refractivity contribution in [1.82, 2.24) is 10.2 Å². The van der Waals surface area contributed by atoms with Crippen molar-refractivity contribution >= 4 is 39.1 Å². The molecule has 0 aliphatic rings. The first-order valence-corrected chi connectivity index (χ1v) is 15.1. The highest BCUT2D eigenvalue weighted by Crippen LogP contribution is 2.29. The molecule has 0 aliphatic carbocycles. The van der Waals surface area contributed by atoms with Gasteiger partial charge in [-0.1, -0.05) is 67.1 Å². The smallest absolute Gasteiger partial charge is 0.264 e. The Balaban J connectivity index is 2.12. The van der Waals surface area contributed by atoms with Gasteiger partial charge in [0.15, 0.2) is 0 Å². The monoisotopic (exact) mass is 583 g/mol. The van der Waals surface area contributed by atoms with Gasteiger partial charge < -0.3 is 10.2 Å². The molecular formula is C31H38ClN3O4S. The minimum absolute atomic E-state index is 0.0423. The summed E-state index contributed by atoms with van der Waals surface area (Å²) in [5, 5.41) is 3.42.